The van der Waals surface area contributed by atoms with Crippen molar-refractivity contribution in [1.82, 2.24) is 0 Å². The first-order valence-electron chi connectivity index (χ1n) is 3.73. The minimum atomic E-state index is 0.0251. The summed E-state index contributed by atoms with van der Waals surface area (Å²) >= 11 is 0. The van der Waals surface area contributed by atoms with Crippen LogP contribution in [0.25, 0.3) is 0 Å². The van der Waals surface area contributed by atoms with Gasteiger partial charge in [-0.15, -0.1) is 0 Å². The van der Waals surface area contributed by atoms with Gasteiger partial charge >= 0.3 is 0 Å². The second-order valence-corrected chi connectivity index (χ2v) is 2.53. The molecule has 0 heterocycles. The number of hydrogen-bond donors (Lipinski definition) is 3. The van der Waals surface area contributed by atoms with Gasteiger partial charge in [-0.2, -0.15) is 0 Å². The Balaban J connectivity index is 3.56. The maximum absolute atomic E-state index is 8.77. The number of aliphatic hydroxyl groups is 2. The molecular weight excluding hydrogens is 130 g/mol. The first kappa shape index (κ1) is 9.88. The molecule has 0 spiro atoms. The molecule has 2 unspecified atom stereocenters. The van der Waals surface area contributed by atoms with Crippen molar-refractivity contribution in [2.24, 2.45) is 11.7 Å². The van der Waals surface area contributed by atoms with E-state index >= 15 is 0 Å². The van der Waals surface area contributed by atoms with Crippen LogP contribution in [-0.2, 0) is 0 Å². The lowest BCUT2D eigenvalue weighted by atomic mass is 9.96. The van der Waals surface area contributed by atoms with Crippen LogP contribution < -0.4 is 5.73 Å². The van der Waals surface area contributed by atoms with Gasteiger partial charge in [0, 0.05) is 19.3 Å². The summed E-state index contributed by atoms with van der Waals surface area (Å²) in [5, 5.41) is 17.3. The van der Waals surface area contributed by atoms with Crippen molar-refractivity contribution < 1.29 is 10.2 Å². The maximum atomic E-state index is 8.77. The van der Waals surface area contributed by atoms with Crippen LogP contribution in [-0.4, -0.2) is 29.5 Å². The molecule has 3 nitrogen and oxygen atoms in total. The smallest absolute Gasteiger partial charge is 0.0474 e. The lowest BCUT2D eigenvalue weighted by Crippen LogP contribution is -2.32. The lowest BCUT2D eigenvalue weighted by Gasteiger charge is -2.18. The highest BCUT2D eigenvalue weighted by atomic mass is 16.3. The van der Waals surface area contributed by atoms with Gasteiger partial charge in [-0.1, -0.05) is 6.92 Å². The number of nitrogens with two attached hydrogens (primary N) is 1. The highest BCUT2D eigenvalue weighted by molar-refractivity contribution is 4.69. The van der Waals surface area contributed by atoms with Crippen LogP contribution in [0.2, 0.25) is 0 Å². The van der Waals surface area contributed by atoms with E-state index in [1.807, 2.05) is 6.92 Å². The van der Waals surface area contributed by atoms with Crippen molar-refractivity contribution >= 4 is 0 Å². The number of rotatable bonds is 5. The zero-order valence-corrected chi connectivity index (χ0v) is 6.45. The van der Waals surface area contributed by atoms with E-state index in [1.165, 1.54) is 0 Å². The molecule has 0 rings (SSSR count). The van der Waals surface area contributed by atoms with E-state index in [9.17, 15) is 0 Å². The number of aliphatic hydroxyl groups excluding tert-OH is 2. The fraction of sp³-hybridized carbons (Fsp3) is 1.00. The molecule has 0 bridgehead atoms. The van der Waals surface area contributed by atoms with E-state index in [2.05, 4.69) is 0 Å². The first-order chi connectivity index (χ1) is 4.76. The largest absolute Gasteiger partial charge is 0.396 e. The molecule has 0 aliphatic carbocycles. The topological polar surface area (TPSA) is 66.5 Å². The molecule has 0 aromatic carbocycles. The van der Waals surface area contributed by atoms with E-state index < -0.39 is 0 Å². The van der Waals surface area contributed by atoms with E-state index in [1.54, 1.807) is 0 Å². The normalized spacial score (nSPS) is 16.8. The summed E-state index contributed by atoms with van der Waals surface area (Å²) in [7, 11) is 0. The van der Waals surface area contributed by atoms with Gasteiger partial charge in [0.15, 0.2) is 0 Å². The Bertz CT molecular complexity index is 78.0. The molecule has 0 saturated heterocycles. The van der Waals surface area contributed by atoms with Crippen molar-refractivity contribution in [2.45, 2.75) is 25.8 Å². The summed E-state index contributed by atoms with van der Waals surface area (Å²) in [5.41, 5.74) is 5.64. The van der Waals surface area contributed by atoms with Crippen LogP contribution in [0.4, 0.5) is 0 Å². The Kier molecular flexibility index (Phi) is 5.58. The summed E-state index contributed by atoms with van der Waals surface area (Å²) in [5.74, 6) is 0.0648. The predicted molar refractivity (Wildman–Crippen MR) is 40.5 cm³/mol. The van der Waals surface area contributed by atoms with Crippen molar-refractivity contribution in [3.8, 4) is 0 Å². The lowest BCUT2D eigenvalue weighted by molar-refractivity contribution is 0.163. The van der Waals surface area contributed by atoms with Crippen molar-refractivity contribution in [2.75, 3.05) is 13.2 Å². The van der Waals surface area contributed by atoms with Crippen molar-refractivity contribution in [3.05, 3.63) is 0 Å². The quantitative estimate of drug-likeness (QED) is 0.501. The summed E-state index contributed by atoms with van der Waals surface area (Å²) in [6, 6.07) is 0.0251. The Morgan fingerprint density at radius 1 is 1.40 bits per heavy atom. The van der Waals surface area contributed by atoms with Gasteiger partial charge in [-0.05, 0) is 18.8 Å². The standard InChI is InChI=1S/C7H17NO2/c1-2-7(8)6(5-10)3-4-9/h6-7,9-10H,2-5,8H2,1H3. The zero-order chi connectivity index (χ0) is 7.98. The third-order valence-corrected chi connectivity index (χ3v) is 1.81. The average Bonchev–Trinajstić information content (AvgIpc) is 1.99. The Hall–Kier alpha value is -0.120. The van der Waals surface area contributed by atoms with Gasteiger partial charge in [0.2, 0.25) is 0 Å². The maximum Gasteiger partial charge on any atom is 0.0474 e. The summed E-state index contributed by atoms with van der Waals surface area (Å²) < 4.78 is 0. The Morgan fingerprint density at radius 2 is 2.00 bits per heavy atom. The second kappa shape index (κ2) is 5.65. The molecule has 0 fully saturated rings. The van der Waals surface area contributed by atoms with Crippen LogP contribution in [0.3, 0.4) is 0 Å². The molecule has 0 amide bonds. The van der Waals surface area contributed by atoms with E-state index in [0.717, 1.165) is 6.42 Å². The molecule has 0 aromatic rings. The molecule has 0 aromatic heterocycles. The predicted octanol–water partition coefficient (Wildman–Crippen LogP) is -0.285. The molecule has 0 radical (unpaired) electrons. The highest BCUT2D eigenvalue weighted by Crippen LogP contribution is 2.07. The van der Waals surface area contributed by atoms with Gasteiger partial charge in [-0.25, -0.2) is 0 Å². The minimum Gasteiger partial charge on any atom is -0.396 e. The van der Waals surface area contributed by atoms with Crippen LogP contribution >= 0.6 is 0 Å². The molecule has 0 aliphatic heterocycles. The third-order valence-electron chi connectivity index (χ3n) is 1.81. The van der Waals surface area contributed by atoms with Gasteiger partial charge in [0.1, 0.15) is 0 Å². The fourth-order valence-electron chi connectivity index (χ4n) is 0.940. The molecule has 0 aliphatic rings. The van der Waals surface area contributed by atoms with Crippen LogP contribution in [0.1, 0.15) is 19.8 Å². The third kappa shape index (κ3) is 3.15. The van der Waals surface area contributed by atoms with E-state index in [0.29, 0.717) is 6.42 Å². The summed E-state index contributed by atoms with van der Waals surface area (Å²) in [6.45, 7) is 2.17. The van der Waals surface area contributed by atoms with Crippen LogP contribution in [0.15, 0.2) is 0 Å². The fourth-order valence-corrected chi connectivity index (χ4v) is 0.940. The molecular formula is C7H17NO2. The minimum absolute atomic E-state index is 0.0251. The van der Waals surface area contributed by atoms with Crippen LogP contribution in [0, 0.1) is 5.92 Å². The molecule has 62 valence electrons. The first-order valence-corrected chi connectivity index (χ1v) is 3.73. The molecule has 4 N–H and O–H groups in total. The SMILES string of the molecule is CCC(N)C(CO)CCO. The molecule has 3 heteroatoms. The zero-order valence-electron chi connectivity index (χ0n) is 6.45. The summed E-state index contributed by atoms with van der Waals surface area (Å²) in [4.78, 5) is 0. The van der Waals surface area contributed by atoms with Gasteiger partial charge in [-0.3, -0.25) is 0 Å². The second-order valence-electron chi connectivity index (χ2n) is 2.53. The molecule has 10 heavy (non-hydrogen) atoms. The van der Waals surface area contributed by atoms with Crippen molar-refractivity contribution in [1.29, 1.82) is 0 Å². The number of hydrogen-bond acceptors (Lipinski definition) is 3. The van der Waals surface area contributed by atoms with Gasteiger partial charge < -0.3 is 15.9 Å². The van der Waals surface area contributed by atoms with E-state index in [4.69, 9.17) is 15.9 Å². The van der Waals surface area contributed by atoms with Gasteiger partial charge in [0.25, 0.3) is 0 Å². The average molecular weight is 147 g/mol. The molecule has 0 saturated carbocycles. The Labute approximate surface area is 61.9 Å². The Morgan fingerprint density at radius 3 is 2.30 bits per heavy atom. The van der Waals surface area contributed by atoms with Gasteiger partial charge in [0.05, 0.1) is 0 Å². The summed E-state index contributed by atoms with van der Waals surface area (Å²) in [6.07, 6.45) is 1.46. The van der Waals surface area contributed by atoms with Crippen molar-refractivity contribution in [3.63, 3.8) is 0 Å². The van der Waals surface area contributed by atoms with Crippen LogP contribution in [0.5, 0.6) is 0 Å². The molecule has 2 atom stereocenters. The highest BCUT2D eigenvalue weighted by Gasteiger charge is 2.13. The monoisotopic (exact) mass is 147 g/mol. The van der Waals surface area contributed by atoms with E-state index in [-0.39, 0.29) is 25.2 Å².